The number of amides is 1. The van der Waals surface area contributed by atoms with Gasteiger partial charge in [0.25, 0.3) is 0 Å². The Morgan fingerprint density at radius 1 is 1.40 bits per heavy atom. The monoisotopic (exact) mass is 313 g/mol. The zero-order valence-electron chi connectivity index (χ0n) is 11.0. The third kappa shape index (κ3) is 3.98. The Morgan fingerprint density at radius 2 is 2.20 bits per heavy atom. The summed E-state index contributed by atoms with van der Waals surface area (Å²) in [4.78, 5) is 12.0. The molecule has 2 N–H and O–H groups in total. The molecule has 0 spiro atoms. The third-order valence-corrected chi connectivity index (χ3v) is 3.99. The van der Waals surface area contributed by atoms with E-state index >= 15 is 0 Å². The predicted molar refractivity (Wildman–Crippen MR) is 80.9 cm³/mol. The van der Waals surface area contributed by atoms with Gasteiger partial charge in [0.2, 0.25) is 5.91 Å². The number of hydrogen-bond donors (Lipinski definition) is 2. The summed E-state index contributed by atoms with van der Waals surface area (Å²) in [6, 6.07) is 4.92. The van der Waals surface area contributed by atoms with Gasteiger partial charge in [0.1, 0.15) is 0 Å². The highest BCUT2D eigenvalue weighted by atomic mass is 35.5. The average Bonchev–Trinajstić information content (AvgIpc) is 2.45. The van der Waals surface area contributed by atoms with Gasteiger partial charge >= 0.3 is 0 Å². The van der Waals surface area contributed by atoms with Gasteiger partial charge in [0.05, 0.1) is 6.10 Å². The molecule has 1 aromatic carbocycles. The summed E-state index contributed by atoms with van der Waals surface area (Å²) in [5.41, 5.74) is 0.569. The maximum atomic E-state index is 12.0. The summed E-state index contributed by atoms with van der Waals surface area (Å²) in [5.74, 6) is -0.00799. The van der Waals surface area contributed by atoms with Crippen LogP contribution in [0.3, 0.4) is 0 Å². The van der Waals surface area contributed by atoms with E-state index in [1.165, 1.54) is 0 Å². The first kappa shape index (κ1) is 15.4. The summed E-state index contributed by atoms with van der Waals surface area (Å²) in [6.45, 7) is 0.153. The number of rotatable bonds is 4. The molecular weight excluding hydrogens is 297 g/mol. The van der Waals surface area contributed by atoms with E-state index in [0.29, 0.717) is 15.6 Å². The summed E-state index contributed by atoms with van der Waals surface area (Å²) in [6.07, 6.45) is 5.85. The number of halogens is 2. The highest BCUT2D eigenvalue weighted by molar-refractivity contribution is 6.35. The van der Waals surface area contributed by atoms with Crippen molar-refractivity contribution in [1.29, 1.82) is 0 Å². The van der Waals surface area contributed by atoms with Gasteiger partial charge in [-0.1, -0.05) is 41.4 Å². The second-order valence-electron chi connectivity index (χ2n) is 4.91. The molecule has 0 saturated heterocycles. The fourth-order valence-electron chi connectivity index (χ4n) is 2.26. The number of aliphatic hydroxyl groups is 1. The minimum atomic E-state index is -0.831. The van der Waals surface area contributed by atoms with Crippen molar-refractivity contribution in [3.63, 3.8) is 0 Å². The maximum Gasteiger partial charge on any atom is 0.223 e. The number of benzene rings is 1. The second kappa shape index (κ2) is 7.11. The fourth-order valence-corrected chi connectivity index (χ4v) is 2.79. The lowest BCUT2D eigenvalue weighted by molar-refractivity contribution is -0.125. The lowest BCUT2D eigenvalue weighted by atomic mass is 9.93. The van der Waals surface area contributed by atoms with E-state index < -0.39 is 6.10 Å². The molecule has 2 atom stereocenters. The molecule has 3 nitrogen and oxygen atoms in total. The van der Waals surface area contributed by atoms with Crippen LogP contribution >= 0.6 is 23.2 Å². The Kier molecular flexibility index (Phi) is 5.46. The molecule has 1 aliphatic rings. The van der Waals surface area contributed by atoms with Gasteiger partial charge in [-0.25, -0.2) is 0 Å². The first-order valence-electron chi connectivity index (χ1n) is 6.63. The maximum absolute atomic E-state index is 12.0. The zero-order chi connectivity index (χ0) is 14.5. The lowest BCUT2D eigenvalue weighted by Gasteiger charge is -2.19. The van der Waals surface area contributed by atoms with Crippen molar-refractivity contribution in [3.8, 4) is 0 Å². The quantitative estimate of drug-likeness (QED) is 0.836. The van der Waals surface area contributed by atoms with Crippen LogP contribution in [0.15, 0.2) is 30.4 Å². The molecule has 0 heterocycles. The van der Waals surface area contributed by atoms with Gasteiger partial charge in [-0.2, -0.15) is 0 Å². The van der Waals surface area contributed by atoms with Gasteiger partial charge in [-0.3, -0.25) is 4.79 Å². The Hall–Kier alpha value is -1.03. The first-order valence-corrected chi connectivity index (χ1v) is 7.39. The second-order valence-corrected chi connectivity index (χ2v) is 5.75. The molecule has 20 heavy (non-hydrogen) atoms. The smallest absolute Gasteiger partial charge is 0.223 e. The normalized spacial score (nSPS) is 19.6. The SMILES string of the molecule is O=C(NCC(O)c1ccc(Cl)cc1Cl)C1CC=CCC1. The molecule has 1 aliphatic carbocycles. The van der Waals surface area contributed by atoms with Gasteiger partial charge < -0.3 is 10.4 Å². The molecule has 0 aromatic heterocycles. The first-order chi connectivity index (χ1) is 9.58. The summed E-state index contributed by atoms with van der Waals surface area (Å²) in [5, 5.41) is 13.8. The van der Waals surface area contributed by atoms with E-state index in [2.05, 4.69) is 11.4 Å². The summed E-state index contributed by atoms with van der Waals surface area (Å²) in [7, 11) is 0. The number of hydrogen-bond acceptors (Lipinski definition) is 2. The van der Waals surface area contributed by atoms with Crippen molar-refractivity contribution in [3.05, 3.63) is 46.0 Å². The van der Waals surface area contributed by atoms with Crippen LogP contribution in [0.5, 0.6) is 0 Å². The topological polar surface area (TPSA) is 49.3 Å². The Bertz CT molecular complexity index is 517. The molecule has 0 fully saturated rings. The minimum Gasteiger partial charge on any atom is -0.387 e. The van der Waals surface area contributed by atoms with Crippen LogP contribution < -0.4 is 5.32 Å². The largest absolute Gasteiger partial charge is 0.387 e. The molecule has 0 saturated carbocycles. The van der Waals surface area contributed by atoms with Crippen LogP contribution in [0.25, 0.3) is 0 Å². The van der Waals surface area contributed by atoms with Gasteiger partial charge in [0.15, 0.2) is 0 Å². The molecule has 2 rings (SSSR count). The number of carbonyl (C=O) groups is 1. The van der Waals surface area contributed by atoms with E-state index in [4.69, 9.17) is 23.2 Å². The zero-order valence-corrected chi connectivity index (χ0v) is 12.5. The van der Waals surface area contributed by atoms with E-state index in [0.717, 1.165) is 19.3 Å². The average molecular weight is 314 g/mol. The van der Waals surface area contributed by atoms with Crippen LogP contribution in [0, 0.1) is 5.92 Å². The minimum absolute atomic E-state index is 0.00731. The summed E-state index contributed by atoms with van der Waals surface area (Å²) >= 11 is 11.8. The molecule has 0 radical (unpaired) electrons. The number of allylic oxidation sites excluding steroid dienone is 2. The fraction of sp³-hybridized carbons (Fsp3) is 0.400. The van der Waals surface area contributed by atoms with Gasteiger partial charge in [0, 0.05) is 28.1 Å². The number of aliphatic hydroxyl groups excluding tert-OH is 1. The van der Waals surface area contributed by atoms with Crippen molar-refractivity contribution in [2.45, 2.75) is 25.4 Å². The van der Waals surface area contributed by atoms with E-state index in [1.54, 1.807) is 18.2 Å². The summed E-state index contributed by atoms with van der Waals surface area (Å²) < 4.78 is 0. The molecule has 2 unspecified atom stereocenters. The molecule has 0 aliphatic heterocycles. The Morgan fingerprint density at radius 3 is 2.85 bits per heavy atom. The van der Waals surface area contributed by atoms with Crippen molar-refractivity contribution in [2.24, 2.45) is 5.92 Å². The van der Waals surface area contributed by atoms with Crippen molar-refractivity contribution in [2.75, 3.05) is 6.54 Å². The van der Waals surface area contributed by atoms with Crippen molar-refractivity contribution >= 4 is 29.1 Å². The van der Waals surface area contributed by atoms with Crippen LogP contribution in [0.4, 0.5) is 0 Å². The van der Waals surface area contributed by atoms with Crippen molar-refractivity contribution < 1.29 is 9.90 Å². The number of carbonyl (C=O) groups excluding carboxylic acids is 1. The van der Waals surface area contributed by atoms with Gasteiger partial charge in [-0.05, 0) is 31.4 Å². The van der Waals surface area contributed by atoms with Crippen LogP contribution in [-0.2, 0) is 4.79 Å². The van der Waals surface area contributed by atoms with E-state index in [9.17, 15) is 9.90 Å². The molecule has 5 heteroatoms. The van der Waals surface area contributed by atoms with Crippen LogP contribution in [0.1, 0.15) is 30.9 Å². The lowest BCUT2D eigenvalue weighted by Crippen LogP contribution is -2.34. The highest BCUT2D eigenvalue weighted by Gasteiger charge is 2.20. The Labute approximate surface area is 128 Å². The van der Waals surface area contributed by atoms with Crippen molar-refractivity contribution in [1.82, 2.24) is 5.32 Å². The third-order valence-electron chi connectivity index (χ3n) is 3.43. The molecule has 1 aromatic rings. The molecule has 108 valence electrons. The Balaban J connectivity index is 1.89. The molecular formula is C15H17Cl2NO2. The van der Waals surface area contributed by atoms with E-state index in [1.807, 2.05) is 6.08 Å². The number of nitrogens with one attached hydrogen (secondary N) is 1. The molecule has 0 bridgehead atoms. The van der Waals surface area contributed by atoms with E-state index in [-0.39, 0.29) is 18.4 Å². The highest BCUT2D eigenvalue weighted by Crippen LogP contribution is 2.26. The standard InChI is InChI=1S/C15H17Cl2NO2/c16-11-6-7-12(13(17)8-11)14(19)9-18-15(20)10-4-2-1-3-5-10/h1-2,6-8,10,14,19H,3-5,9H2,(H,18,20). The van der Waals surface area contributed by atoms with Crippen LogP contribution in [0.2, 0.25) is 10.0 Å². The van der Waals surface area contributed by atoms with Gasteiger partial charge in [-0.15, -0.1) is 0 Å². The van der Waals surface area contributed by atoms with Crippen LogP contribution in [-0.4, -0.2) is 17.6 Å². The predicted octanol–water partition coefficient (Wildman–Crippen LogP) is 3.50. The molecule has 1 amide bonds.